The van der Waals surface area contributed by atoms with Crippen LogP contribution in [0.25, 0.3) is 0 Å². The summed E-state index contributed by atoms with van der Waals surface area (Å²) in [7, 11) is 0. The first-order chi connectivity index (χ1) is 13.8. The molecule has 2 aliphatic rings. The number of nitrogens with zero attached hydrogens (tertiary/aromatic N) is 2. The molecule has 1 atom stereocenters. The Morgan fingerprint density at radius 2 is 1.46 bits per heavy atom. The third-order valence-electron chi connectivity index (χ3n) is 5.93. The van der Waals surface area contributed by atoms with Gasteiger partial charge in [-0.2, -0.15) is 0 Å². The summed E-state index contributed by atoms with van der Waals surface area (Å²) in [4.78, 5) is 15.2. The Kier molecular flexibility index (Phi) is 4.14. The molecule has 3 aromatic carbocycles. The molecule has 0 aromatic heterocycles. The first-order valence-electron chi connectivity index (χ1n) is 9.98. The number of amides is 1. The molecule has 0 bridgehead atoms. The maximum Gasteiger partial charge on any atom is 0.320 e. The molecule has 0 saturated carbocycles. The normalized spacial score (nSPS) is 20.6. The van der Waals surface area contributed by atoms with Crippen molar-refractivity contribution in [3.63, 3.8) is 0 Å². The summed E-state index contributed by atoms with van der Waals surface area (Å²) >= 11 is 0. The average Bonchev–Trinajstić information content (AvgIpc) is 3.12. The number of nitrogens with one attached hydrogen (secondary N) is 1. The molecule has 2 aliphatic heterocycles. The summed E-state index contributed by atoms with van der Waals surface area (Å²) in [6.45, 7) is 1.54. The number of hydrogen-bond donors (Lipinski definition) is 1. The molecule has 1 N–H and O–H groups in total. The van der Waals surface area contributed by atoms with E-state index in [1.165, 1.54) is 0 Å². The standard InChI is InChI=1S/C24H24N3O/c28-23-16-7-8-17-27(23)18-25-24-21(14-9-15-22(24)27)26(19-10-3-1-4-11-19)20-12-5-2-6-13-20/h1-6,9-15,25H,7-8,16-18H2/q+1. The summed E-state index contributed by atoms with van der Waals surface area (Å²) in [6, 6.07) is 27.1. The van der Waals surface area contributed by atoms with Gasteiger partial charge in [-0.3, -0.25) is 0 Å². The molecule has 1 saturated heterocycles. The SMILES string of the molecule is O=C1CCCC[N+]12CNc1c(N(c3ccccc3)c3ccccc3)cccc12. The second-order valence-corrected chi connectivity index (χ2v) is 7.55. The maximum absolute atomic E-state index is 12.9. The predicted octanol–water partition coefficient (Wildman–Crippen LogP) is 5.56. The highest BCUT2D eigenvalue weighted by molar-refractivity contribution is 6.00. The second kappa shape index (κ2) is 6.80. The van der Waals surface area contributed by atoms with Crippen molar-refractivity contribution in [1.29, 1.82) is 0 Å². The molecule has 4 heteroatoms. The summed E-state index contributed by atoms with van der Waals surface area (Å²) in [5, 5.41) is 3.59. The van der Waals surface area contributed by atoms with Crippen LogP contribution in [0.3, 0.4) is 0 Å². The number of benzene rings is 3. The van der Waals surface area contributed by atoms with Crippen LogP contribution in [0.1, 0.15) is 19.3 Å². The van der Waals surface area contributed by atoms with Crippen LogP contribution in [-0.2, 0) is 4.79 Å². The van der Waals surface area contributed by atoms with Crippen molar-refractivity contribution in [3.05, 3.63) is 78.9 Å². The van der Waals surface area contributed by atoms with Crippen LogP contribution in [0.15, 0.2) is 78.9 Å². The fraction of sp³-hybridized carbons (Fsp3) is 0.208. The van der Waals surface area contributed by atoms with Crippen molar-refractivity contribution >= 4 is 34.3 Å². The summed E-state index contributed by atoms with van der Waals surface area (Å²) in [6.07, 6.45) is 2.78. The summed E-state index contributed by atoms with van der Waals surface area (Å²) < 4.78 is 0.445. The molecule has 0 aliphatic carbocycles. The van der Waals surface area contributed by atoms with Gasteiger partial charge in [0.15, 0.2) is 12.4 Å². The van der Waals surface area contributed by atoms with Gasteiger partial charge in [0, 0.05) is 17.4 Å². The van der Waals surface area contributed by atoms with Crippen molar-refractivity contribution in [2.24, 2.45) is 0 Å². The highest BCUT2D eigenvalue weighted by atomic mass is 16.2. The van der Waals surface area contributed by atoms with Crippen molar-refractivity contribution in [3.8, 4) is 0 Å². The molecular weight excluding hydrogens is 346 g/mol. The van der Waals surface area contributed by atoms with E-state index in [-0.39, 0.29) is 0 Å². The average molecular weight is 370 g/mol. The largest absolute Gasteiger partial charge is 0.331 e. The number of piperidine rings is 1. The van der Waals surface area contributed by atoms with Crippen LogP contribution in [0.4, 0.5) is 28.4 Å². The van der Waals surface area contributed by atoms with Gasteiger partial charge < -0.3 is 10.2 Å². The van der Waals surface area contributed by atoms with Gasteiger partial charge in [-0.1, -0.05) is 42.5 Å². The van der Waals surface area contributed by atoms with Gasteiger partial charge in [-0.15, -0.1) is 0 Å². The molecule has 1 spiro atoms. The number of anilines is 4. The lowest BCUT2D eigenvalue weighted by atomic mass is 10.1. The molecule has 1 unspecified atom stereocenters. The van der Waals surface area contributed by atoms with Crippen molar-refractivity contribution < 1.29 is 4.79 Å². The highest BCUT2D eigenvalue weighted by Crippen LogP contribution is 2.48. The topological polar surface area (TPSA) is 32.3 Å². The lowest BCUT2D eigenvalue weighted by molar-refractivity contribution is -0.131. The number of para-hydroxylation sites is 3. The van der Waals surface area contributed by atoms with E-state index in [9.17, 15) is 4.79 Å². The van der Waals surface area contributed by atoms with E-state index >= 15 is 0 Å². The molecule has 3 aromatic rings. The van der Waals surface area contributed by atoms with Crippen LogP contribution in [0, 0.1) is 0 Å². The quantitative estimate of drug-likeness (QED) is 0.613. The minimum Gasteiger partial charge on any atom is -0.331 e. The number of rotatable bonds is 3. The fourth-order valence-corrected chi connectivity index (χ4v) is 4.55. The zero-order valence-electron chi connectivity index (χ0n) is 15.8. The van der Waals surface area contributed by atoms with E-state index < -0.39 is 0 Å². The van der Waals surface area contributed by atoms with Gasteiger partial charge in [-0.05, 0) is 43.2 Å². The van der Waals surface area contributed by atoms with E-state index in [2.05, 4.69) is 76.9 Å². The first-order valence-corrected chi connectivity index (χ1v) is 9.98. The van der Waals surface area contributed by atoms with Crippen LogP contribution in [0.5, 0.6) is 0 Å². The zero-order chi connectivity index (χ0) is 19.0. The Bertz CT molecular complexity index is 963. The highest BCUT2D eigenvalue weighted by Gasteiger charge is 2.47. The number of fused-ring (bicyclic) bond motifs is 2. The first kappa shape index (κ1) is 17.0. The third-order valence-corrected chi connectivity index (χ3v) is 5.93. The third kappa shape index (κ3) is 2.60. The van der Waals surface area contributed by atoms with E-state index in [1.54, 1.807) is 0 Å². The Hall–Kier alpha value is -3.11. The number of quaternary nitrogens is 1. The monoisotopic (exact) mass is 370 g/mol. The fourth-order valence-electron chi connectivity index (χ4n) is 4.55. The molecule has 28 heavy (non-hydrogen) atoms. The van der Waals surface area contributed by atoms with Crippen molar-refractivity contribution in [2.45, 2.75) is 19.3 Å². The Balaban J connectivity index is 1.68. The predicted molar refractivity (Wildman–Crippen MR) is 115 cm³/mol. The van der Waals surface area contributed by atoms with E-state index in [0.29, 0.717) is 23.5 Å². The number of carbonyl (C=O) groups is 1. The molecule has 140 valence electrons. The van der Waals surface area contributed by atoms with Crippen molar-refractivity contribution in [1.82, 2.24) is 4.48 Å². The zero-order valence-corrected chi connectivity index (χ0v) is 15.8. The second-order valence-electron chi connectivity index (χ2n) is 7.55. The molecule has 4 nitrogen and oxygen atoms in total. The van der Waals surface area contributed by atoms with E-state index in [1.807, 2.05) is 12.1 Å². The van der Waals surface area contributed by atoms with Gasteiger partial charge in [-0.25, -0.2) is 9.28 Å². The minimum atomic E-state index is 0.334. The summed E-state index contributed by atoms with van der Waals surface area (Å²) in [5.74, 6) is 0.334. The lowest BCUT2D eigenvalue weighted by Gasteiger charge is -2.34. The Morgan fingerprint density at radius 1 is 0.786 bits per heavy atom. The van der Waals surface area contributed by atoms with Gasteiger partial charge >= 0.3 is 5.91 Å². The lowest BCUT2D eigenvalue weighted by Crippen LogP contribution is -2.56. The van der Waals surface area contributed by atoms with Crippen LogP contribution >= 0.6 is 0 Å². The van der Waals surface area contributed by atoms with Gasteiger partial charge in [0.1, 0.15) is 5.69 Å². The van der Waals surface area contributed by atoms with Crippen molar-refractivity contribution in [2.75, 3.05) is 23.4 Å². The molecule has 0 radical (unpaired) electrons. The molecule has 2 heterocycles. The van der Waals surface area contributed by atoms with E-state index in [4.69, 9.17) is 0 Å². The molecular formula is C24H24N3O+. The van der Waals surface area contributed by atoms with Crippen LogP contribution in [-0.4, -0.2) is 19.1 Å². The van der Waals surface area contributed by atoms with Crippen LogP contribution in [0.2, 0.25) is 0 Å². The van der Waals surface area contributed by atoms with Gasteiger partial charge in [0.2, 0.25) is 0 Å². The summed E-state index contributed by atoms with van der Waals surface area (Å²) in [5.41, 5.74) is 5.48. The maximum atomic E-state index is 12.9. The number of hydrogen-bond acceptors (Lipinski definition) is 3. The minimum absolute atomic E-state index is 0.334. The Labute approximate surface area is 165 Å². The van der Waals surface area contributed by atoms with E-state index in [0.717, 1.165) is 47.8 Å². The van der Waals surface area contributed by atoms with Gasteiger partial charge in [0.05, 0.1) is 18.7 Å². The van der Waals surface area contributed by atoms with Gasteiger partial charge in [0.25, 0.3) is 0 Å². The molecule has 1 fully saturated rings. The molecule has 1 amide bonds. The Morgan fingerprint density at radius 3 is 2.11 bits per heavy atom. The smallest absolute Gasteiger partial charge is 0.320 e. The van der Waals surface area contributed by atoms with Crippen LogP contribution < -0.4 is 14.7 Å². The molecule has 5 rings (SSSR count). The number of carbonyl (C=O) groups excluding carboxylic acids is 1.